The Labute approximate surface area is 146 Å². The summed E-state index contributed by atoms with van der Waals surface area (Å²) in [6, 6.07) is 23.1. The lowest BCUT2D eigenvalue weighted by atomic mass is 9.96. The van der Waals surface area contributed by atoms with Gasteiger partial charge in [-0.1, -0.05) is 36.4 Å². The van der Waals surface area contributed by atoms with E-state index < -0.39 is 5.79 Å². The van der Waals surface area contributed by atoms with Crippen molar-refractivity contribution in [3.8, 4) is 23.0 Å². The summed E-state index contributed by atoms with van der Waals surface area (Å²) in [7, 11) is 3.28. The number of hydrogen-bond acceptors (Lipinski definition) is 4. The Balaban J connectivity index is 1.90. The van der Waals surface area contributed by atoms with Crippen molar-refractivity contribution < 1.29 is 18.9 Å². The molecule has 1 aliphatic rings. The molecular weight excluding hydrogens is 316 g/mol. The first kappa shape index (κ1) is 15.4. The maximum absolute atomic E-state index is 6.33. The average molecular weight is 334 g/mol. The molecular formula is C21H18O4. The second-order valence-corrected chi connectivity index (χ2v) is 5.73. The second kappa shape index (κ2) is 6.06. The van der Waals surface area contributed by atoms with Crippen molar-refractivity contribution in [2.75, 3.05) is 14.2 Å². The zero-order valence-corrected chi connectivity index (χ0v) is 14.1. The van der Waals surface area contributed by atoms with Crippen LogP contribution in [0.2, 0.25) is 0 Å². The molecule has 25 heavy (non-hydrogen) atoms. The van der Waals surface area contributed by atoms with E-state index in [1.54, 1.807) is 14.2 Å². The summed E-state index contributed by atoms with van der Waals surface area (Å²) in [5.41, 5.74) is 1.69. The van der Waals surface area contributed by atoms with Gasteiger partial charge >= 0.3 is 5.79 Å². The molecule has 126 valence electrons. The quantitative estimate of drug-likeness (QED) is 0.710. The zero-order valence-electron chi connectivity index (χ0n) is 14.1. The van der Waals surface area contributed by atoms with Gasteiger partial charge in [0.25, 0.3) is 0 Å². The number of rotatable bonds is 4. The number of methoxy groups -OCH3 is 2. The molecule has 0 bridgehead atoms. The highest BCUT2D eigenvalue weighted by Crippen LogP contribution is 2.48. The van der Waals surface area contributed by atoms with Crippen molar-refractivity contribution in [3.05, 3.63) is 83.9 Å². The molecule has 3 aromatic rings. The normalized spacial score (nSPS) is 14.2. The third kappa shape index (κ3) is 2.56. The largest absolute Gasteiger partial charge is 0.497 e. The van der Waals surface area contributed by atoms with Crippen LogP contribution >= 0.6 is 0 Å². The van der Waals surface area contributed by atoms with Gasteiger partial charge in [-0.25, -0.2) is 0 Å². The molecule has 0 N–H and O–H groups in total. The van der Waals surface area contributed by atoms with Crippen LogP contribution in [-0.4, -0.2) is 14.2 Å². The Morgan fingerprint density at radius 2 is 1.12 bits per heavy atom. The number of para-hydroxylation sites is 2. The molecule has 4 nitrogen and oxygen atoms in total. The van der Waals surface area contributed by atoms with E-state index in [1.165, 1.54) is 0 Å². The predicted molar refractivity (Wildman–Crippen MR) is 94.5 cm³/mol. The van der Waals surface area contributed by atoms with Gasteiger partial charge in [-0.05, 0) is 36.4 Å². The molecule has 0 unspecified atom stereocenters. The summed E-state index contributed by atoms with van der Waals surface area (Å²) in [6.45, 7) is 0. The van der Waals surface area contributed by atoms with Gasteiger partial charge in [-0.15, -0.1) is 0 Å². The van der Waals surface area contributed by atoms with Crippen LogP contribution in [0.4, 0.5) is 0 Å². The highest BCUT2D eigenvalue weighted by Gasteiger charge is 2.45. The number of fused-ring (bicyclic) bond motifs is 1. The molecule has 0 amide bonds. The Bertz CT molecular complexity index is 829. The van der Waals surface area contributed by atoms with Gasteiger partial charge in [0.05, 0.1) is 14.2 Å². The van der Waals surface area contributed by atoms with Gasteiger partial charge in [0.2, 0.25) is 0 Å². The van der Waals surface area contributed by atoms with Gasteiger partial charge in [0, 0.05) is 11.1 Å². The summed E-state index contributed by atoms with van der Waals surface area (Å²) in [6.07, 6.45) is 0. The van der Waals surface area contributed by atoms with E-state index in [1.807, 2.05) is 72.8 Å². The standard InChI is InChI=1S/C21H18O4/c1-22-17-9-5-7-15(13-17)21(16-8-6-10-18(14-16)23-2)24-19-11-3-4-12-20(19)25-21/h3-14H,1-2H3. The van der Waals surface area contributed by atoms with Crippen molar-refractivity contribution >= 4 is 0 Å². The maximum atomic E-state index is 6.33. The van der Waals surface area contributed by atoms with Crippen LogP contribution in [-0.2, 0) is 5.79 Å². The topological polar surface area (TPSA) is 36.9 Å². The molecule has 1 heterocycles. The highest BCUT2D eigenvalue weighted by molar-refractivity contribution is 5.50. The van der Waals surface area contributed by atoms with E-state index in [9.17, 15) is 0 Å². The van der Waals surface area contributed by atoms with Gasteiger partial charge in [-0.3, -0.25) is 0 Å². The Kier molecular flexibility index (Phi) is 3.73. The average Bonchev–Trinajstić information content (AvgIpc) is 3.09. The summed E-state index contributed by atoms with van der Waals surface area (Å²) >= 11 is 0. The molecule has 0 saturated carbocycles. The van der Waals surface area contributed by atoms with Crippen molar-refractivity contribution in [3.63, 3.8) is 0 Å². The molecule has 0 atom stereocenters. The van der Waals surface area contributed by atoms with Crippen LogP contribution in [0.3, 0.4) is 0 Å². The Morgan fingerprint density at radius 3 is 1.56 bits per heavy atom. The number of hydrogen-bond donors (Lipinski definition) is 0. The molecule has 4 rings (SSSR count). The van der Waals surface area contributed by atoms with E-state index in [0.29, 0.717) is 11.5 Å². The highest BCUT2D eigenvalue weighted by atomic mass is 16.7. The van der Waals surface area contributed by atoms with E-state index in [4.69, 9.17) is 18.9 Å². The first-order chi connectivity index (χ1) is 12.2. The molecule has 0 aliphatic carbocycles. The number of ether oxygens (including phenoxy) is 4. The van der Waals surface area contributed by atoms with Crippen LogP contribution in [0.25, 0.3) is 0 Å². The summed E-state index contributed by atoms with van der Waals surface area (Å²) in [5, 5.41) is 0. The van der Waals surface area contributed by atoms with Crippen molar-refractivity contribution in [2.45, 2.75) is 5.79 Å². The van der Waals surface area contributed by atoms with Crippen LogP contribution in [0.5, 0.6) is 23.0 Å². The second-order valence-electron chi connectivity index (χ2n) is 5.73. The van der Waals surface area contributed by atoms with Crippen LogP contribution in [0, 0.1) is 0 Å². The SMILES string of the molecule is COc1cccc(C2(c3cccc(OC)c3)Oc3ccccc3O2)c1. The van der Waals surface area contributed by atoms with Crippen molar-refractivity contribution in [2.24, 2.45) is 0 Å². The molecule has 4 heteroatoms. The summed E-state index contributed by atoms with van der Waals surface area (Å²) < 4.78 is 23.4. The minimum absolute atomic E-state index is 0.702. The fourth-order valence-corrected chi connectivity index (χ4v) is 3.01. The fourth-order valence-electron chi connectivity index (χ4n) is 3.01. The molecule has 0 spiro atoms. The summed E-state index contributed by atoms with van der Waals surface area (Å²) in [5.74, 6) is 1.79. The minimum atomic E-state index is -1.09. The minimum Gasteiger partial charge on any atom is -0.497 e. The third-order valence-electron chi connectivity index (χ3n) is 4.26. The van der Waals surface area contributed by atoms with Gasteiger partial charge in [-0.2, -0.15) is 0 Å². The molecule has 0 aromatic heterocycles. The molecule has 0 saturated heterocycles. The Morgan fingerprint density at radius 1 is 0.640 bits per heavy atom. The van der Waals surface area contributed by atoms with Crippen molar-refractivity contribution in [1.29, 1.82) is 0 Å². The van der Waals surface area contributed by atoms with E-state index in [2.05, 4.69) is 0 Å². The summed E-state index contributed by atoms with van der Waals surface area (Å²) in [4.78, 5) is 0. The van der Waals surface area contributed by atoms with Crippen LogP contribution in [0.15, 0.2) is 72.8 Å². The third-order valence-corrected chi connectivity index (χ3v) is 4.26. The van der Waals surface area contributed by atoms with Gasteiger partial charge in [0.1, 0.15) is 11.5 Å². The molecule has 0 fully saturated rings. The molecule has 0 radical (unpaired) electrons. The maximum Gasteiger partial charge on any atom is 0.305 e. The lowest BCUT2D eigenvalue weighted by molar-refractivity contribution is -0.0461. The van der Waals surface area contributed by atoms with Crippen LogP contribution in [0.1, 0.15) is 11.1 Å². The van der Waals surface area contributed by atoms with E-state index in [0.717, 1.165) is 22.6 Å². The first-order valence-corrected chi connectivity index (χ1v) is 8.01. The van der Waals surface area contributed by atoms with Crippen molar-refractivity contribution in [1.82, 2.24) is 0 Å². The monoisotopic (exact) mass is 334 g/mol. The van der Waals surface area contributed by atoms with E-state index >= 15 is 0 Å². The lowest BCUT2D eigenvalue weighted by Gasteiger charge is -2.29. The zero-order chi connectivity index (χ0) is 17.3. The van der Waals surface area contributed by atoms with Gasteiger partial charge in [0.15, 0.2) is 11.5 Å². The Hall–Kier alpha value is -3.14. The molecule has 3 aromatic carbocycles. The smallest absolute Gasteiger partial charge is 0.305 e. The van der Waals surface area contributed by atoms with E-state index in [-0.39, 0.29) is 0 Å². The fraction of sp³-hybridized carbons (Fsp3) is 0.143. The predicted octanol–water partition coefficient (Wildman–Crippen LogP) is 4.38. The lowest BCUT2D eigenvalue weighted by Crippen LogP contribution is -2.36. The van der Waals surface area contributed by atoms with Gasteiger partial charge < -0.3 is 18.9 Å². The number of benzene rings is 3. The first-order valence-electron chi connectivity index (χ1n) is 8.01. The van der Waals surface area contributed by atoms with Crippen LogP contribution < -0.4 is 18.9 Å². The molecule has 1 aliphatic heterocycles.